The molecular formula is C28H25N3. The summed E-state index contributed by atoms with van der Waals surface area (Å²) >= 11 is 0. The molecule has 152 valence electrons. The van der Waals surface area contributed by atoms with E-state index < -0.39 is 0 Å². The average Bonchev–Trinajstić information content (AvgIpc) is 2.83. The molecule has 0 aliphatic carbocycles. The van der Waals surface area contributed by atoms with E-state index in [-0.39, 0.29) is 0 Å². The molecule has 3 aromatic carbocycles. The molecule has 0 fully saturated rings. The first-order valence-corrected chi connectivity index (χ1v) is 10.4. The second kappa shape index (κ2) is 9.68. The van der Waals surface area contributed by atoms with Gasteiger partial charge in [-0.3, -0.25) is 0 Å². The topological polar surface area (TPSA) is 37.8 Å². The Balaban J connectivity index is 1.84. The molecule has 0 saturated carbocycles. The minimum atomic E-state index is 0.685. The standard InChI is InChI=1S/C28H25N3/c1-3-4-7-13-21(2)20-29-28-26-24(22-14-8-5-9-15-22)18-12-19-25(26)30-27(31-28)23-16-10-6-11-17-23/h3-19H,1,20H2,2H3,(H,29,30,31)/b7-4-,21-13+. The molecule has 0 atom stereocenters. The zero-order valence-electron chi connectivity index (χ0n) is 17.6. The molecule has 0 aliphatic rings. The zero-order valence-corrected chi connectivity index (χ0v) is 17.6. The number of rotatable bonds is 7. The SMILES string of the molecule is C=C/C=C\C=C(/C)CNc1nc(-c2ccccc2)nc2cccc(-c3ccccc3)c12. The number of nitrogens with zero attached hydrogens (tertiary/aromatic N) is 2. The Hall–Kier alpha value is -3.98. The van der Waals surface area contributed by atoms with Gasteiger partial charge in [0.15, 0.2) is 5.82 Å². The highest BCUT2D eigenvalue weighted by Crippen LogP contribution is 2.34. The van der Waals surface area contributed by atoms with Crippen LogP contribution in [0.3, 0.4) is 0 Å². The van der Waals surface area contributed by atoms with Crippen molar-refractivity contribution in [1.82, 2.24) is 9.97 Å². The van der Waals surface area contributed by atoms with Crippen molar-refractivity contribution in [2.24, 2.45) is 0 Å². The van der Waals surface area contributed by atoms with Crippen molar-refractivity contribution in [2.75, 3.05) is 11.9 Å². The number of nitrogens with one attached hydrogen (secondary N) is 1. The molecular weight excluding hydrogens is 378 g/mol. The highest BCUT2D eigenvalue weighted by Gasteiger charge is 2.14. The van der Waals surface area contributed by atoms with Crippen LogP contribution in [0.5, 0.6) is 0 Å². The van der Waals surface area contributed by atoms with E-state index in [9.17, 15) is 0 Å². The van der Waals surface area contributed by atoms with Crippen molar-refractivity contribution in [3.05, 3.63) is 115 Å². The molecule has 0 aliphatic heterocycles. The lowest BCUT2D eigenvalue weighted by Gasteiger charge is -2.14. The maximum Gasteiger partial charge on any atom is 0.162 e. The fourth-order valence-electron chi connectivity index (χ4n) is 3.47. The summed E-state index contributed by atoms with van der Waals surface area (Å²) in [5.74, 6) is 1.55. The Labute approximate surface area is 183 Å². The van der Waals surface area contributed by atoms with E-state index in [1.807, 2.05) is 48.6 Å². The van der Waals surface area contributed by atoms with Crippen LogP contribution >= 0.6 is 0 Å². The van der Waals surface area contributed by atoms with Gasteiger partial charge < -0.3 is 5.32 Å². The highest BCUT2D eigenvalue weighted by atomic mass is 15.0. The predicted molar refractivity (Wildman–Crippen MR) is 132 cm³/mol. The van der Waals surface area contributed by atoms with Crippen LogP contribution in [0.15, 0.2) is 115 Å². The normalized spacial score (nSPS) is 11.7. The van der Waals surface area contributed by atoms with Crippen LogP contribution in [0.4, 0.5) is 5.82 Å². The third-order valence-electron chi connectivity index (χ3n) is 5.00. The second-order valence-corrected chi connectivity index (χ2v) is 7.31. The Kier molecular flexibility index (Phi) is 6.34. The first-order chi connectivity index (χ1) is 15.3. The number of aromatic nitrogens is 2. The molecule has 0 amide bonds. The van der Waals surface area contributed by atoms with Gasteiger partial charge in [-0.25, -0.2) is 9.97 Å². The molecule has 0 radical (unpaired) electrons. The fourth-order valence-corrected chi connectivity index (χ4v) is 3.47. The molecule has 1 N–H and O–H groups in total. The van der Waals surface area contributed by atoms with Gasteiger partial charge in [-0.15, -0.1) is 0 Å². The molecule has 1 aromatic heterocycles. The lowest BCUT2D eigenvalue weighted by Crippen LogP contribution is -2.07. The minimum absolute atomic E-state index is 0.685. The summed E-state index contributed by atoms with van der Waals surface area (Å²) < 4.78 is 0. The first-order valence-electron chi connectivity index (χ1n) is 10.4. The van der Waals surface area contributed by atoms with Gasteiger partial charge in [-0.2, -0.15) is 0 Å². The van der Waals surface area contributed by atoms with Gasteiger partial charge in [-0.1, -0.05) is 109 Å². The summed E-state index contributed by atoms with van der Waals surface area (Å²) in [6, 6.07) is 26.7. The Morgan fingerprint density at radius 1 is 0.839 bits per heavy atom. The number of hydrogen-bond acceptors (Lipinski definition) is 3. The van der Waals surface area contributed by atoms with Crippen LogP contribution in [0.1, 0.15) is 6.92 Å². The van der Waals surface area contributed by atoms with E-state index in [4.69, 9.17) is 9.97 Å². The molecule has 0 unspecified atom stereocenters. The van der Waals surface area contributed by atoms with E-state index >= 15 is 0 Å². The van der Waals surface area contributed by atoms with E-state index in [1.165, 1.54) is 5.57 Å². The number of fused-ring (bicyclic) bond motifs is 1. The quantitative estimate of drug-likeness (QED) is 0.336. The van der Waals surface area contributed by atoms with Crippen LogP contribution in [-0.2, 0) is 0 Å². The molecule has 3 nitrogen and oxygen atoms in total. The largest absolute Gasteiger partial charge is 0.366 e. The van der Waals surface area contributed by atoms with Crippen molar-refractivity contribution < 1.29 is 0 Å². The first kappa shape index (κ1) is 20.3. The lowest BCUT2D eigenvalue weighted by molar-refractivity contribution is 1.15. The predicted octanol–water partition coefficient (Wildman–Crippen LogP) is 7.06. The molecule has 1 heterocycles. The highest BCUT2D eigenvalue weighted by molar-refractivity contribution is 6.02. The van der Waals surface area contributed by atoms with E-state index in [2.05, 4.69) is 67.4 Å². The van der Waals surface area contributed by atoms with Gasteiger partial charge in [0, 0.05) is 12.1 Å². The molecule has 0 spiro atoms. The Morgan fingerprint density at radius 2 is 1.55 bits per heavy atom. The number of allylic oxidation sites excluding steroid dienone is 4. The third-order valence-corrected chi connectivity index (χ3v) is 5.00. The summed E-state index contributed by atoms with van der Waals surface area (Å²) in [6.07, 6.45) is 7.76. The van der Waals surface area contributed by atoms with Crippen molar-refractivity contribution >= 4 is 16.7 Å². The van der Waals surface area contributed by atoms with E-state index in [0.29, 0.717) is 12.4 Å². The van der Waals surface area contributed by atoms with E-state index in [0.717, 1.165) is 33.4 Å². The Bertz CT molecular complexity index is 1240. The lowest BCUT2D eigenvalue weighted by atomic mass is 10.0. The minimum Gasteiger partial charge on any atom is -0.366 e. The molecule has 4 aromatic rings. The van der Waals surface area contributed by atoms with Gasteiger partial charge in [0.1, 0.15) is 5.82 Å². The van der Waals surface area contributed by atoms with Crippen molar-refractivity contribution in [2.45, 2.75) is 6.92 Å². The van der Waals surface area contributed by atoms with Crippen molar-refractivity contribution in [3.63, 3.8) is 0 Å². The average molecular weight is 404 g/mol. The van der Waals surface area contributed by atoms with E-state index in [1.54, 1.807) is 6.08 Å². The summed E-state index contributed by atoms with van der Waals surface area (Å²) in [5.41, 5.74) is 5.38. The van der Waals surface area contributed by atoms with Gasteiger partial charge in [0.05, 0.1) is 10.9 Å². The zero-order chi connectivity index (χ0) is 21.5. The van der Waals surface area contributed by atoms with Gasteiger partial charge in [0.25, 0.3) is 0 Å². The van der Waals surface area contributed by atoms with Crippen LogP contribution in [0.2, 0.25) is 0 Å². The third kappa shape index (κ3) is 4.78. The molecule has 0 saturated heterocycles. The van der Waals surface area contributed by atoms with Gasteiger partial charge in [0.2, 0.25) is 0 Å². The van der Waals surface area contributed by atoms with Crippen LogP contribution in [-0.4, -0.2) is 16.5 Å². The van der Waals surface area contributed by atoms with Crippen LogP contribution < -0.4 is 5.32 Å². The van der Waals surface area contributed by atoms with Crippen molar-refractivity contribution in [3.8, 4) is 22.5 Å². The van der Waals surface area contributed by atoms with Gasteiger partial charge in [-0.05, 0) is 24.1 Å². The van der Waals surface area contributed by atoms with Gasteiger partial charge >= 0.3 is 0 Å². The molecule has 0 bridgehead atoms. The fraction of sp³-hybridized carbons (Fsp3) is 0.0714. The molecule has 31 heavy (non-hydrogen) atoms. The Morgan fingerprint density at radius 3 is 2.26 bits per heavy atom. The number of hydrogen-bond donors (Lipinski definition) is 1. The summed E-state index contributed by atoms with van der Waals surface area (Å²) in [4.78, 5) is 9.83. The summed E-state index contributed by atoms with van der Waals surface area (Å²) in [6.45, 7) is 6.50. The smallest absolute Gasteiger partial charge is 0.162 e. The summed E-state index contributed by atoms with van der Waals surface area (Å²) in [5, 5.41) is 4.59. The maximum absolute atomic E-state index is 4.94. The summed E-state index contributed by atoms with van der Waals surface area (Å²) in [7, 11) is 0. The maximum atomic E-state index is 4.94. The van der Waals surface area contributed by atoms with Crippen LogP contribution in [0.25, 0.3) is 33.4 Å². The number of benzene rings is 3. The molecule has 4 rings (SSSR count). The number of anilines is 1. The van der Waals surface area contributed by atoms with Crippen LogP contribution in [0, 0.1) is 0 Å². The molecule has 3 heteroatoms. The monoisotopic (exact) mass is 403 g/mol. The second-order valence-electron chi connectivity index (χ2n) is 7.31. The van der Waals surface area contributed by atoms with Crippen molar-refractivity contribution in [1.29, 1.82) is 0 Å².